The van der Waals surface area contributed by atoms with E-state index in [9.17, 15) is 0 Å². The van der Waals surface area contributed by atoms with Gasteiger partial charge in [-0.1, -0.05) is 24.3 Å². The summed E-state index contributed by atoms with van der Waals surface area (Å²) < 4.78 is 0. The highest BCUT2D eigenvalue weighted by Gasteiger charge is 2.34. The third-order valence-corrected chi connectivity index (χ3v) is 5.78. The van der Waals surface area contributed by atoms with Gasteiger partial charge in [-0.2, -0.15) is 0 Å². The number of nitrogens with one attached hydrogen (secondary N) is 1. The number of benzene rings is 1. The summed E-state index contributed by atoms with van der Waals surface area (Å²) in [6.45, 7) is 5.16. The third-order valence-electron chi connectivity index (χ3n) is 5.78. The largest absolute Gasteiger partial charge is 0.312 e. The molecular formula is C18H26N2. The van der Waals surface area contributed by atoms with Crippen LogP contribution in [0.25, 0.3) is 0 Å². The molecule has 5 rings (SSSR count). The quantitative estimate of drug-likeness (QED) is 0.908. The summed E-state index contributed by atoms with van der Waals surface area (Å²) in [7, 11) is 0. The summed E-state index contributed by atoms with van der Waals surface area (Å²) in [5.74, 6) is 1.69. The van der Waals surface area contributed by atoms with Crippen LogP contribution in [0.3, 0.4) is 0 Å². The van der Waals surface area contributed by atoms with Gasteiger partial charge < -0.3 is 10.2 Å². The van der Waals surface area contributed by atoms with Crippen LogP contribution in [0, 0.1) is 5.92 Å². The van der Waals surface area contributed by atoms with Crippen LogP contribution in [0.2, 0.25) is 0 Å². The topological polar surface area (TPSA) is 15.3 Å². The molecule has 0 aromatic heterocycles. The van der Waals surface area contributed by atoms with Crippen LogP contribution in [0.5, 0.6) is 0 Å². The Morgan fingerprint density at radius 2 is 1.95 bits per heavy atom. The van der Waals surface area contributed by atoms with Crippen molar-refractivity contribution in [2.24, 2.45) is 5.92 Å². The molecule has 4 aliphatic rings. The molecule has 2 atom stereocenters. The SMILES string of the molecule is c1ccc2c(c1)CCC[C@H]2CN[C@@H]1CN2CCC1CC2. The highest BCUT2D eigenvalue weighted by atomic mass is 15.2. The monoisotopic (exact) mass is 270 g/mol. The van der Waals surface area contributed by atoms with Gasteiger partial charge in [0, 0.05) is 19.1 Å². The molecule has 3 heterocycles. The Morgan fingerprint density at radius 3 is 2.75 bits per heavy atom. The Morgan fingerprint density at radius 1 is 1.10 bits per heavy atom. The number of hydrogen-bond acceptors (Lipinski definition) is 2. The zero-order valence-corrected chi connectivity index (χ0v) is 12.4. The van der Waals surface area contributed by atoms with Crippen LogP contribution in [-0.4, -0.2) is 37.1 Å². The Kier molecular flexibility index (Phi) is 3.53. The standard InChI is InChI=1S/C18H26N2/c1-2-7-17-14(4-1)5-3-6-16(17)12-19-18-13-20-10-8-15(18)9-11-20/h1-2,4,7,15-16,18-19H,3,5-6,8-13H2/t16-,18+/m0/s1. The van der Waals surface area contributed by atoms with E-state index in [2.05, 4.69) is 34.5 Å². The fraction of sp³-hybridized carbons (Fsp3) is 0.667. The number of piperidine rings is 3. The van der Waals surface area contributed by atoms with Crippen molar-refractivity contribution >= 4 is 0 Å². The lowest BCUT2D eigenvalue weighted by atomic mass is 9.81. The van der Waals surface area contributed by atoms with Crippen LogP contribution < -0.4 is 5.32 Å². The van der Waals surface area contributed by atoms with Crippen molar-refractivity contribution in [3.8, 4) is 0 Å². The summed E-state index contributed by atoms with van der Waals surface area (Å²) in [6, 6.07) is 9.85. The number of nitrogens with zero attached hydrogens (tertiary/aromatic N) is 1. The van der Waals surface area contributed by atoms with E-state index < -0.39 is 0 Å². The van der Waals surface area contributed by atoms with Crippen molar-refractivity contribution in [3.05, 3.63) is 35.4 Å². The van der Waals surface area contributed by atoms with Gasteiger partial charge in [0.1, 0.15) is 0 Å². The van der Waals surface area contributed by atoms with Crippen LogP contribution >= 0.6 is 0 Å². The summed E-state index contributed by atoms with van der Waals surface area (Å²) in [5, 5.41) is 3.92. The predicted molar refractivity (Wildman–Crippen MR) is 83.1 cm³/mol. The zero-order chi connectivity index (χ0) is 13.4. The van der Waals surface area contributed by atoms with E-state index in [1.807, 2.05) is 0 Å². The Balaban J connectivity index is 1.41. The van der Waals surface area contributed by atoms with Gasteiger partial charge in [-0.15, -0.1) is 0 Å². The van der Waals surface area contributed by atoms with Crippen molar-refractivity contribution in [3.63, 3.8) is 0 Å². The lowest BCUT2D eigenvalue weighted by Gasteiger charge is -2.45. The average molecular weight is 270 g/mol. The van der Waals surface area contributed by atoms with Crippen LogP contribution in [0.4, 0.5) is 0 Å². The first-order valence-corrected chi connectivity index (χ1v) is 8.44. The smallest absolute Gasteiger partial charge is 0.0224 e. The van der Waals surface area contributed by atoms with Gasteiger partial charge in [0.2, 0.25) is 0 Å². The summed E-state index contributed by atoms with van der Waals surface area (Å²) in [5.41, 5.74) is 3.21. The summed E-state index contributed by atoms with van der Waals surface area (Å²) in [4.78, 5) is 2.65. The van der Waals surface area contributed by atoms with Gasteiger partial charge in [-0.25, -0.2) is 0 Å². The Bertz CT molecular complexity index is 462. The Labute approximate surface area is 122 Å². The van der Waals surface area contributed by atoms with Crippen LogP contribution in [0.1, 0.15) is 42.7 Å². The first-order valence-electron chi connectivity index (χ1n) is 8.44. The number of fused-ring (bicyclic) bond motifs is 4. The molecule has 1 N–H and O–H groups in total. The molecular weight excluding hydrogens is 244 g/mol. The molecule has 2 nitrogen and oxygen atoms in total. The summed E-state index contributed by atoms with van der Waals surface area (Å²) >= 11 is 0. The molecule has 2 heteroatoms. The number of rotatable bonds is 3. The Hall–Kier alpha value is -0.860. The predicted octanol–water partition coefficient (Wildman–Crippen LogP) is 2.79. The van der Waals surface area contributed by atoms with E-state index in [0.717, 1.165) is 17.9 Å². The van der Waals surface area contributed by atoms with E-state index in [4.69, 9.17) is 0 Å². The normalized spacial score (nSPS) is 35.8. The third kappa shape index (κ3) is 2.40. The minimum atomic E-state index is 0.746. The van der Waals surface area contributed by atoms with Crippen molar-refractivity contribution < 1.29 is 0 Å². The van der Waals surface area contributed by atoms with E-state index in [-0.39, 0.29) is 0 Å². The molecule has 0 spiro atoms. The van der Waals surface area contributed by atoms with Crippen molar-refractivity contribution in [2.45, 2.75) is 44.1 Å². The lowest BCUT2D eigenvalue weighted by molar-refractivity contribution is 0.0718. The second-order valence-corrected chi connectivity index (χ2v) is 6.94. The molecule has 1 aliphatic carbocycles. The maximum Gasteiger partial charge on any atom is 0.0224 e. The molecule has 3 saturated heterocycles. The molecule has 108 valence electrons. The highest BCUT2D eigenvalue weighted by Crippen LogP contribution is 2.32. The molecule has 1 aromatic carbocycles. The molecule has 1 aromatic rings. The fourth-order valence-corrected chi connectivity index (χ4v) is 4.56. The van der Waals surface area contributed by atoms with Crippen molar-refractivity contribution in [1.29, 1.82) is 0 Å². The average Bonchev–Trinajstić information content (AvgIpc) is 2.54. The van der Waals surface area contributed by atoms with Crippen molar-refractivity contribution in [2.75, 3.05) is 26.2 Å². The van der Waals surface area contributed by atoms with E-state index >= 15 is 0 Å². The molecule has 2 bridgehead atoms. The lowest BCUT2D eigenvalue weighted by Crippen LogP contribution is -2.56. The van der Waals surface area contributed by atoms with Gasteiger partial charge in [0.15, 0.2) is 0 Å². The molecule has 0 saturated carbocycles. The van der Waals surface area contributed by atoms with Gasteiger partial charge in [0.25, 0.3) is 0 Å². The molecule has 0 radical (unpaired) electrons. The summed E-state index contributed by atoms with van der Waals surface area (Å²) in [6.07, 6.45) is 6.85. The molecule has 3 aliphatic heterocycles. The maximum absolute atomic E-state index is 3.92. The van der Waals surface area contributed by atoms with Crippen LogP contribution in [-0.2, 0) is 6.42 Å². The minimum Gasteiger partial charge on any atom is -0.312 e. The highest BCUT2D eigenvalue weighted by molar-refractivity contribution is 5.32. The van der Waals surface area contributed by atoms with Gasteiger partial charge in [0.05, 0.1) is 0 Å². The first kappa shape index (κ1) is 12.8. The van der Waals surface area contributed by atoms with E-state index in [1.165, 1.54) is 58.3 Å². The van der Waals surface area contributed by atoms with Gasteiger partial charge >= 0.3 is 0 Å². The molecule has 20 heavy (non-hydrogen) atoms. The molecule has 3 fully saturated rings. The van der Waals surface area contributed by atoms with E-state index in [1.54, 1.807) is 11.1 Å². The van der Waals surface area contributed by atoms with Crippen LogP contribution in [0.15, 0.2) is 24.3 Å². The van der Waals surface area contributed by atoms with E-state index in [0.29, 0.717) is 0 Å². The second kappa shape index (κ2) is 5.50. The second-order valence-electron chi connectivity index (χ2n) is 6.94. The zero-order valence-electron chi connectivity index (χ0n) is 12.4. The number of hydrogen-bond donors (Lipinski definition) is 1. The molecule has 0 unspecified atom stereocenters. The molecule has 0 amide bonds. The fourth-order valence-electron chi connectivity index (χ4n) is 4.56. The van der Waals surface area contributed by atoms with Gasteiger partial charge in [-0.3, -0.25) is 0 Å². The van der Waals surface area contributed by atoms with Crippen molar-refractivity contribution in [1.82, 2.24) is 10.2 Å². The first-order chi connectivity index (χ1) is 9.90. The maximum atomic E-state index is 3.92. The van der Waals surface area contributed by atoms with Gasteiger partial charge in [-0.05, 0) is 68.2 Å². The minimum absolute atomic E-state index is 0.746. The number of aryl methyl sites for hydroxylation is 1.